The first kappa shape index (κ1) is 16.8. The van der Waals surface area contributed by atoms with Gasteiger partial charge in [0.2, 0.25) is 0 Å². The van der Waals surface area contributed by atoms with E-state index in [1.807, 2.05) is 0 Å². The Labute approximate surface area is 142 Å². The summed E-state index contributed by atoms with van der Waals surface area (Å²) in [6.07, 6.45) is -2.81. The topological polar surface area (TPSA) is 116 Å². The second-order valence-corrected chi connectivity index (χ2v) is 5.78. The van der Waals surface area contributed by atoms with Crippen LogP contribution in [-0.4, -0.2) is 66.9 Å². The maximum absolute atomic E-state index is 14.5. The molecule has 2 saturated heterocycles. The molecule has 0 aliphatic carbocycles. The van der Waals surface area contributed by atoms with E-state index in [2.05, 4.69) is 0 Å². The number of carboxylic acid groups (broad SMARTS) is 1. The Morgan fingerprint density at radius 2 is 1.92 bits per heavy atom. The first-order chi connectivity index (χ1) is 11.9. The fraction of sp³-hybridized carbons (Fsp3) is 0.400. The number of amides is 3. The summed E-state index contributed by atoms with van der Waals surface area (Å²) < 4.78 is 19.3. The summed E-state index contributed by atoms with van der Waals surface area (Å²) in [5, 5.41) is 8.94. The van der Waals surface area contributed by atoms with Crippen molar-refractivity contribution in [3.63, 3.8) is 0 Å². The zero-order valence-corrected chi connectivity index (χ0v) is 13.2. The van der Waals surface area contributed by atoms with Gasteiger partial charge in [0.05, 0.1) is 17.9 Å². The summed E-state index contributed by atoms with van der Waals surface area (Å²) in [5.74, 6) is -1.30. The lowest BCUT2D eigenvalue weighted by Crippen LogP contribution is -2.48. The van der Waals surface area contributed by atoms with E-state index in [4.69, 9.17) is 15.6 Å². The fourth-order valence-electron chi connectivity index (χ4n) is 2.88. The first-order valence-electron chi connectivity index (χ1n) is 7.66. The number of rotatable bonds is 3. The maximum Gasteiger partial charge on any atom is 0.415 e. The molecular formula is C15H17FN4O5. The van der Waals surface area contributed by atoms with E-state index in [9.17, 15) is 18.8 Å². The minimum absolute atomic E-state index is 0.0652. The molecule has 3 N–H and O–H groups in total. The minimum Gasteiger partial charge on any atom is -0.465 e. The average Bonchev–Trinajstić information content (AvgIpc) is 2.97. The number of carbonyl (C=O) groups is 3. The molecule has 3 rings (SSSR count). The molecule has 10 heteroatoms. The maximum atomic E-state index is 14.5. The summed E-state index contributed by atoms with van der Waals surface area (Å²) in [7, 11) is 0. The third-order valence-electron chi connectivity index (χ3n) is 4.26. The number of anilines is 2. The number of nitrogens with zero attached hydrogens (tertiary/aromatic N) is 3. The van der Waals surface area contributed by atoms with Crippen molar-refractivity contribution in [2.75, 3.05) is 42.5 Å². The van der Waals surface area contributed by atoms with E-state index >= 15 is 0 Å². The second-order valence-electron chi connectivity index (χ2n) is 5.78. The predicted molar refractivity (Wildman–Crippen MR) is 85.0 cm³/mol. The molecule has 0 saturated carbocycles. The summed E-state index contributed by atoms with van der Waals surface area (Å²) in [6.45, 7) is 1.25. The SMILES string of the molecule is NC(=O)[C@H]1CN(c2ccc(N3CCN(C(=O)O)CC3)c(F)c2)C(=O)O1. The van der Waals surface area contributed by atoms with Crippen LogP contribution in [0, 0.1) is 5.82 Å². The highest BCUT2D eigenvalue weighted by Gasteiger charge is 2.36. The van der Waals surface area contributed by atoms with Crippen molar-refractivity contribution in [1.29, 1.82) is 0 Å². The molecular weight excluding hydrogens is 335 g/mol. The van der Waals surface area contributed by atoms with Gasteiger partial charge in [-0.25, -0.2) is 14.0 Å². The van der Waals surface area contributed by atoms with Crippen LogP contribution in [0.4, 0.5) is 25.4 Å². The van der Waals surface area contributed by atoms with E-state index in [1.54, 1.807) is 11.0 Å². The fourth-order valence-corrected chi connectivity index (χ4v) is 2.88. The molecule has 0 spiro atoms. The largest absolute Gasteiger partial charge is 0.465 e. The first-order valence-corrected chi connectivity index (χ1v) is 7.66. The van der Waals surface area contributed by atoms with Crippen LogP contribution >= 0.6 is 0 Å². The third-order valence-corrected chi connectivity index (χ3v) is 4.26. The minimum atomic E-state index is -1.06. The Balaban J connectivity index is 1.73. The van der Waals surface area contributed by atoms with Crippen LogP contribution in [0.3, 0.4) is 0 Å². The standard InChI is InChI=1S/C15H17FN4O5/c16-10-7-9(20-8-12(13(17)21)25-15(20)24)1-2-11(10)18-3-5-19(6-4-18)14(22)23/h1-2,7,12H,3-6,8H2,(H2,17,21)(H,22,23)/t12-/m1/s1. The molecule has 0 unspecified atom stereocenters. The molecule has 3 amide bonds. The molecule has 2 fully saturated rings. The number of halogens is 1. The number of cyclic esters (lactones) is 1. The monoisotopic (exact) mass is 352 g/mol. The normalized spacial score (nSPS) is 20.6. The Hall–Kier alpha value is -3.04. The predicted octanol–water partition coefficient (Wildman–Crippen LogP) is 0.436. The molecule has 2 aliphatic rings. The Morgan fingerprint density at radius 3 is 2.44 bits per heavy atom. The summed E-state index contributed by atoms with van der Waals surface area (Å²) in [4.78, 5) is 38.0. The smallest absolute Gasteiger partial charge is 0.415 e. The highest BCUT2D eigenvalue weighted by molar-refractivity contribution is 5.95. The quantitative estimate of drug-likeness (QED) is 0.815. The molecule has 0 bridgehead atoms. The van der Waals surface area contributed by atoms with Crippen LogP contribution in [0.2, 0.25) is 0 Å². The molecule has 25 heavy (non-hydrogen) atoms. The van der Waals surface area contributed by atoms with Gasteiger partial charge in [-0.2, -0.15) is 0 Å². The van der Waals surface area contributed by atoms with Gasteiger partial charge < -0.3 is 25.4 Å². The molecule has 9 nitrogen and oxygen atoms in total. The Kier molecular flexibility index (Phi) is 4.34. The van der Waals surface area contributed by atoms with Crippen LogP contribution < -0.4 is 15.5 Å². The number of benzene rings is 1. The van der Waals surface area contributed by atoms with Crippen molar-refractivity contribution >= 4 is 29.5 Å². The van der Waals surface area contributed by atoms with E-state index in [0.29, 0.717) is 18.8 Å². The lowest BCUT2D eigenvalue weighted by Gasteiger charge is -2.34. The molecule has 0 radical (unpaired) electrons. The van der Waals surface area contributed by atoms with Crippen LogP contribution in [0.1, 0.15) is 0 Å². The molecule has 0 aromatic heterocycles. The van der Waals surface area contributed by atoms with E-state index in [0.717, 1.165) is 4.90 Å². The van der Waals surface area contributed by atoms with Crippen molar-refractivity contribution in [2.24, 2.45) is 5.73 Å². The van der Waals surface area contributed by atoms with Crippen molar-refractivity contribution in [3.8, 4) is 0 Å². The van der Waals surface area contributed by atoms with Gasteiger partial charge in [-0.1, -0.05) is 0 Å². The van der Waals surface area contributed by atoms with Gasteiger partial charge in [-0.05, 0) is 18.2 Å². The molecule has 1 aromatic carbocycles. The van der Waals surface area contributed by atoms with Crippen LogP contribution in [0.25, 0.3) is 0 Å². The van der Waals surface area contributed by atoms with Gasteiger partial charge in [-0.15, -0.1) is 0 Å². The van der Waals surface area contributed by atoms with Crippen molar-refractivity contribution < 1.29 is 28.6 Å². The van der Waals surface area contributed by atoms with E-state index < -0.39 is 30.0 Å². The highest BCUT2D eigenvalue weighted by Crippen LogP contribution is 2.28. The third kappa shape index (κ3) is 3.28. The van der Waals surface area contributed by atoms with Gasteiger partial charge in [0, 0.05) is 26.2 Å². The summed E-state index contributed by atoms with van der Waals surface area (Å²) >= 11 is 0. The summed E-state index contributed by atoms with van der Waals surface area (Å²) in [5.41, 5.74) is 5.70. The Bertz CT molecular complexity index is 720. The van der Waals surface area contributed by atoms with Crippen LogP contribution in [0.5, 0.6) is 0 Å². The lowest BCUT2D eigenvalue weighted by atomic mass is 10.2. The number of carbonyl (C=O) groups excluding carboxylic acids is 2. The number of hydrogen-bond donors (Lipinski definition) is 2. The molecule has 134 valence electrons. The summed E-state index contributed by atoms with van der Waals surface area (Å²) in [6, 6.07) is 4.25. The van der Waals surface area contributed by atoms with Crippen LogP contribution in [0.15, 0.2) is 18.2 Å². The van der Waals surface area contributed by atoms with E-state index in [-0.39, 0.29) is 25.3 Å². The number of piperazine rings is 1. The molecule has 1 aromatic rings. The average molecular weight is 352 g/mol. The second kappa shape index (κ2) is 6.46. The lowest BCUT2D eigenvalue weighted by molar-refractivity contribution is -0.124. The van der Waals surface area contributed by atoms with Crippen molar-refractivity contribution in [2.45, 2.75) is 6.10 Å². The van der Waals surface area contributed by atoms with Gasteiger partial charge in [0.1, 0.15) is 5.82 Å². The zero-order valence-electron chi connectivity index (χ0n) is 13.2. The van der Waals surface area contributed by atoms with E-state index in [1.165, 1.54) is 17.0 Å². The van der Waals surface area contributed by atoms with Gasteiger partial charge >= 0.3 is 12.2 Å². The van der Waals surface area contributed by atoms with Crippen molar-refractivity contribution in [1.82, 2.24) is 4.90 Å². The van der Waals surface area contributed by atoms with Gasteiger partial charge in [0.25, 0.3) is 5.91 Å². The number of primary amides is 1. The number of ether oxygens (including phenoxy) is 1. The van der Waals surface area contributed by atoms with Crippen molar-refractivity contribution in [3.05, 3.63) is 24.0 Å². The van der Waals surface area contributed by atoms with Gasteiger partial charge in [0.15, 0.2) is 6.10 Å². The molecule has 2 heterocycles. The highest BCUT2D eigenvalue weighted by atomic mass is 19.1. The molecule has 1 atom stereocenters. The number of nitrogens with two attached hydrogens (primary N) is 1. The van der Waals surface area contributed by atoms with Gasteiger partial charge in [-0.3, -0.25) is 9.69 Å². The van der Waals surface area contributed by atoms with Crippen LogP contribution in [-0.2, 0) is 9.53 Å². The Morgan fingerprint density at radius 1 is 1.24 bits per heavy atom. The molecule has 2 aliphatic heterocycles. The number of hydrogen-bond acceptors (Lipinski definition) is 5. The zero-order chi connectivity index (χ0) is 18.1.